The third kappa shape index (κ3) is 3.39. The number of aromatic nitrogens is 5. The van der Waals surface area contributed by atoms with Crippen LogP contribution in [0, 0.1) is 13.8 Å². The Balaban J connectivity index is 1.37. The van der Waals surface area contributed by atoms with Crippen LogP contribution in [0.2, 0.25) is 0 Å². The van der Waals surface area contributed by atoms with Gasteiger partial charge in [-0.15, -0.1) is 0 Å². The molecule has 0 saturated carbocycles. The Kier molecular flexibility index (Phi) is 5.11. The number of likely N-dealkylation sites (tertiary alicyclic amines) is 1. The minimum absolute atomic E-state index is 0.318. The Morgan fingerprint density at radius 3 is 2.74 bits per heavy atom. The number of pyridine rings is 2. The molecule has 0 aromatic carbocycles. The third-order valence-electron chi connectivity index (χ3n) is 7.72. The minimum Gasteiger partial charge on any atom is -0.378 e. The molecular weight excluding hydrogens is 426 g/mol. The SMILES string of the molecule is Cc1c(-c2[nH]c3ccc(N[C@H]4C[C@@H](C)N(C5COC5)C4)nc3c2C(C)C)cn2ncnc2c1C. The molecular formula is C26H33N7O. The molecule has 2 N–H and O–H groups in total. The van der Waals surface area contributed by atoms with Gasteiger partial charge in [0.1, 0.15) is 12.1 Å². The molecule has 0 amide bonds. The molecule has 8 nitrogen and oxygen atoms in total. The summed E-state index contributed by atoms with van der Waals surface area (Å²) in [6.07, 6.45) is 4.82. The van der Waals surface area contributed by atoms with Crippen molar-refractivity contribution in [1.29, 1.82) is 0 Å². The van der Waals surface area contributed by atoms with Gasteiger partial charge < -0.3 is 15.0 Å². The lowest BCUT2D eigenvalue weighted by molar-refractivity contribution is -0.0673. The third-order valence-corrected chi connectivity index (χ3v) is 7.72. The monoisotopic (exact) mass is 459 g/mol. The number of aromatic amines is 1. The van der Waals surface area contributed by atoms with Crippen molar-refractivity contribution in [2.45, 2.75) is 65.1 Å². The Morgan fingerprint density at radius 2 is 2.00 bits per heavy atom. The Morgan fingerprint density at radius 1 is 1.18 bits per heavy atom. The number of H-pyrrole nitrogens is 1. The van der Waals surface area contributed by atoms with Gasteiger partial charge in [0, 0.05) is 36.0 Å². The molecule has 4 aromatic heterocycles. The first-order chi connectivity index (χ1) is 16.4. The number of hydrogen-bond acceptors (Lipinski definition) is 6. The van der Waals surface area contributed by atoms with Crippen molar-refractivity contribution in [2.75, 3.05) is 25.1 Å². The zero-order valence-corrected chi connectivity index (χ0v) is 20.6. The van der Waals surface area contributed by atoms with Gasteiger partial charge in [0.2, 0.25) is 0 Å². The smallest absolute Gasteiger partial charge is 0.158 e. The average Bonchev–Trinajstić information content (AvgIpc) is 3.46. The van der Waals surface area contributed by atoms with Crippen molar-refractivity contribution < 1.29 is 4.74 Å². The molecule has 2 saturated heterocycles. The summed E-state index contributed by atoms with van der Waals surface area (Å²) in [5, 5.41) is 8.12. The van der Waals surface area contributed by atoms with E-state index < -0.39 is 0 Å². The van der Waals surface area contributed by atoms with Gasteiger partial charge in [-0.1, -0.05) is 13.8 Å². The predicted molar refractivity (Wildman–Crippen MR) is 134 cm³/mol. The summed E-state index contributed by atoms with van der Waals surface area (Å²) >= 11 is 0. The van der Waals surface area contributed by atoms with E-state index in [9.17, 15) is 0 Å². The van der Waals surface area contributed by atoms with Crippen LogP contribution < -0.4 is 5.32 Å². The maximum absolute atomic E-state index is 5.42. The van der Waals surface area contributed by atoms with Crippen molar-refractivity contribution in [2.24, 2.45) is 0 Å². The number of nitrogens with zero attached hydrogens (tertiary/aromatic N) is 5. The highest BCUT2D eigenvalue weighted by Crippen LogP contribution is 2.38. The van der Waals surface area contributed by atoms with E-state index in [0.717, 1.165) is 65.5 Å². The van der Waals surface area contributed by atoms with Gasteiger partial charge >= 0.3 is 0 Å². The van der Waals surface area contributed by atoms with Gasteiger partial charge in [-0.2, -0.15) is 5.10 Å². The highest BCUT2D eigenvalue weighted by molar-refractivity contribution is 5.90. The molecule has 2 aliphatic rings. The molecule has 4 aromatic rings. The summed E-state index contributed by atoms with van der Waals surface area (Å²) in [7, 11) is 0. The molecule has 0 unspecified atom stereocenters. The summed E-state index contributed by atoms with van der Waals surface area (Å²) in [4.78, 5) is 15.8. The molecule has 8 heteroatoms. The molecule has 0 spiro atoms. The summed E-state index contributed by atoms with van der Waals surface area (Å²) in [5.74, 6) is 1.27. The van der Waals surface area contributed by atoms with Crippen molar-refractivity contribution in [3.63, 3.8) is 0 Å². The fourth-order valence-corrected chi connectivity index (χ4v) is 5.69. The molecule has 2 fully saturated rings. The topological polar surface area (TPSA) is 83.4 Å². The van der Waals surface area contributed by atoms with Crippen LogP contribution in [0.15, 0.2) is 24.7 Å². The number of anilines is 1. The largest absolute Gasteiger partial charge is 0.378 e. The van der Waals surface area contributed by atoms with Crippen molar-refractivity contribution in [3.05, 3.63) is 41.3 Å². The highest BCUT2D eigenvalue weighted by Gasteiger charge is 2.37. The van der Waals surface area contributed by atoms with Crippen LogP contribution in [-0.4, -0.2) is 67.3 Å². The average molecular weight is 460 g/mol. The van der Waals surface area contributed by atoms with E-state index in [1.54, 1.807) is 6.33 Å². The summed E-state index contributed by atoms with van der Waals surface area (Å²) in [6, 6.07) is 5.81. The highest BCUT2D eigenvalue weighted by atomic mass is 16.5. The van der Waals surface area contributed by atoms with Gasteiger partial charge in [0.15, 0.2) is 5.65 Å². The van der Waals surface area contributed by atoms with Gasteiger partial charge in [-0.25, -0.2) is 14.5 Å². The van der Waals surface area contributed by atoms with E-state index >= 15 is 0 Å². The molecule has 0 radical (unpaired) electrons. The van der Waals surface area contributed by atoms with Crippen LogP contribution in [0.5, 0.6) is 0 Å². The summed E-state index contributed by atoms with van der Waals surface area (Å²) in [6.45, 7) is 13.8. The fourth-order valence-electron chi connectivity index (χ4n) is 5.69. The lowest BCUT2D eigenvalue weighted by Gasteiger charge is -2.37. The Bertz CT molecular complexity index is 1370. The second-order valence-electron chi connectivity index (χ2n) is 10.3. The molecule has 2 aliphatic heterocycles. The number of aryl methyl sites for hydroxylation is 1. The second kappa shape index (κ2) is 8.06. The zero-order valence-electron chi connectivity index (χ0n) is 20.6. The minimum atomic E-state index is 0.318. The number of rotatable bonds is 5. The van der Waals surface area contributed by atoms with Crippen LogP contribution in [0.4, 0.5) is 5.82 Å². The lowest BCUT2D eigenvalue weighted by atomic mass is 9.95. The standard InChI is InChI=1S/C26H33N7O/c1-14(2)23-24(20-10-33-26(27-13-28-33)17(5)16(20)4)30-21-6-7-22(31-25(21)23)29-18-8-15(3)32(9-18)19-11-34-12-19/h6-7,10,13-15,18-19,30H,8-9,11-12H2,1-5H3,(H,29,31)/t15-,18+/m1/s1. The van der Waals surface area contributed by atoms with E-state index in [1.807, 2.05) is 4.52 Å². The number of hydrogen-bond donors (Lipinski definition) is 2. The molecule has 0 bridgehead atoms. The first kappa shape index (κ1) is 21.6. The van der Waals surface area contributed by atoms with Gasteiger partial charge in [0.05, 0.1) is 36.0 Å². The molecule has 178 valence electrons. The molecule has 2 atom stereocenters. The zero-order chi connectivity index (χ0) is 23.6. The summed E-state index contributed by atoms with van der Waals surface area (Å²) in [5.41, 5.74) is 8.89. The van der Waals surface area contributed by atoms with Crippen molar-refractivity contribution in [1.82, 2.24) is 29.5 Å². The van der Waals surface area contributed by atoms with Gasteiger partial charge in [-0.3, -0.25) is 4.90 Å². The number of fused-ring (bicyclic) bond motifs is 2. The summed E-state index contributed by atoms with van der Waals surface area (Å²) < 4.78 is 7.29. The maximum atomic E-state index is 5.42. The van der Waals surface area contributed by atoms with E-state index in [-0.39, 0.29) is 0 Å². The normalized spacial score (nSPS) is 21.7. The molecule has 0 aliphatic carbocycles. The van der Waals surface area contributed by atoms with Crippen LogP contribution >= 0.6 is 0 Å². The van der Waals surface area contributed by atoms with Crippen LogP contribution in [0.1, 0.15) is 49.8 Å². The first-order valence-corrected chi connectivity index (χ1v) is 12.3. The maximum Gasteiger partial charge on any atom is 0.158 e. The fraction of sp³-hybridized carbons (Fsp3) is 0.500. The Hall–Kier alpha value is -2.97. The first-order valence-electron chi connectivity index (χ1n) is 12.3. The predicted octanol–water partition coefficient (Wildman–Crippen LogP) is 4.29. The van der Waals surface area contributed by atoms with E-state index in [0.29, 0.717) is 24.0 Å². The van der Waals surface area contributed by atoms with Crippen molar-refractivity contribution in [3.8, 4) is 11.3 Å². The van der Waals surface area contributed by atoms with Crippen LogP contribution in [0.25, 0.3) is 27.9 Å². The van der Waals surface area contributed by atoms with E-state index in [1.165, 1.54) is 11.1 Å². The molecule has 34 heavy (non-hydrogen) atoms. The second-order valence-corrected chi connectivity index (χ2v) is 10.3. The number of nitrogens with one attached hydrogen (secondary N) is 2. The van der Waals surface area contributed by atoms with E-state index in [2.05, 4.69) is 78.2 Å². The quantitative estimate of drug-likeness (QED) is 0.463. The van der Waals surface area contributed by atoms with Crippen LogP contribution in [0.3, 0.4) is 0 Å². The molecule has 6 heterocycles. The van der Waals surface area contributed by atoms with Gasteiger partial charge in [-0.05, 0) is 56.4 Å². The molecule has 6 rings (SSSR count). The van der Waals surface area contributed by atoms with Crippen molar-refractivity contribution >= 4 is 22.5 Å². The van der Waals surface area contributed by atoms with Crippen LogP contribution in [-0.2, 0) is 4.74 Å². The van der Waals surface area contributed by atoms with Gasteiger partial charge in [0.25, 0.3) is 0 Å². The Labute approximate surface area is 199 Å². The van der Waals surface area contributed by atoms with E-state index in [4.69, 9.17) is 9.72 Å². The number of ether oxygens (including phenoxy) is 1. The lowest BCUT2D eigenvalue weighted by Crippen LogP contribution is -2.50.